The van der Waals surface area contributed by atoms with Crippen LogP contribution in [0.5, 0.6) is 0 Å². The Kier molecular flexibility index (Phi) is 11.5. The number of carbonyl (C=O) groups is 2. The van der Waals surface area contributed by atoms with E-state index in [1.54, 1.807) is 25.1 Å². The van der Waals surface area contributed by atoms with E-state index < -0.39 is 46.2 Å². The van der Waals surface area contributed by atoms with Gasteiger partial charge >= 0.3 is 6.18 Å². The Morgan fingerprint density at radius 2 is 1.51 bits per heavy atom. The molecule has 0 radical (unpaired) electrons. The van der Waals surface area contributed by atoms with Crippen LogP contribution >= 0.6 is 0 Å². The standard InChI is InChI=1S/C36H38F3N3O4S/c1-4-21-40-35(44)33(22-28-12-6-5-7-13-28)41(24-29-14-9-8-11-27(29)3)34(43)25-42(31-16-10-15-30(23-31)36(37,38)39)47(45,46)32-19-17-26(2)18-20-32/h5-20,23,33H,4,21-22,24-25H2,1-3H3,(H,40,44)/t33-/m0/s1. The number of carbonyl (C=O) groups excluding carboxylic acids is 2. The number of rotatable bonds is 13. The molecule has 4 aromatic rings. The van der Waals surface area contributed by atoms with E-state index >= 15 is 0 Å². The van der Waals surface area contributed by atoms with Gasteiger partial charge in [0.1, 0.15) is 12.6 Å². The maximum absolute atomic E-state index is 14.5. The summed E-state index contributed by atoms with van der Waals surface area (Å²) in [5.41, 5.74) is 1.73. The van der Waals surface area contributed by atoms with Gasteiger partial charge in [0, 0.05) is 19.5 Å². The van der Waals surface area contributed by atoms with Gasteiger partial charge in [0.05, 0.1) is 16.1 Å². The molecule has 0 unspecified atom stereocenters. The minimum absolute atomic E-state index is 0.0381. The monoisotopic (exact) mass is 665 g/mol. The Morgan fingerprint density at radius 1 is 0.851 bits per heavy atom. The predicted molar refractivity (Wildman–Crippen MR) is 176 cm³/mol. The third-order valence-electron chi connectivity index (χ3n) is 7.77. The first-order chi connectivity index (χ1) is 22.3. The van der Waals surface area contributed by atoms with E-state index in [1.807, 2.05) is 62.4 Å². The summed E-state index contributed by atoms with van der Waals surface area (Å²) in [6.45, 7) is 4.99. The number of hydrogen-bond acceptors (Lipinski definition) is 4. The van der Waals surface area contributed by atoms with Crippen molar-refractivity contribution in [2.24, 2.45) is 0 Å². The Morgan fingerprint density at radius 3 is 2.15 bits per heavy atom. The Balaban J connectivity index is 1.85. The number of benzene rings is 4. The number of anilines is 1. The van der Waals surface area contributed by atoms with Crippen LogP contribution in [0.25, 0.3) is 0 Å². The maximum Gasteiger partial charge on any atom is 0.416 e. The van der Waals surface area contributed by atoms with Crippen LogP contribution in [0.3, 0.4) is 0 Å². The number of nitrogens with zero attached hydrogens (tertiary/aromatic N) is 2. The molecule has 47 heavy (non-hydrogen) atoms. The van der Waals surface area contributed by atoms with Crippen molar-refractivity contribution in [3.05, 3.63) is 131 Å². The van der Waals surface area contributed by atoms with E-state index in [0.717, 1.165) is 34.4 Å². The smallest absolute Gasteiger partial charge is 0.354 e. The zero-order chi connectivity index (χ0) is 34.2. The average Bonchev–Trinajstić information content (AvgIpc) is 3.05. The fourth-order valence-corrected chi connectivity index (χ4v) is 6.50. The molecular weight excluding hydrogens is 627 g/mol. The lowest BCUT2D eigenvalue weighted by atomic mass is 10.0. The van der Waals surface area contributed by atoms with Gasteiger partial charge < -0.3 is 10.2 Å². The first-order valence-electron chi connectivity index (χ1n) is 15.2. The summed E-state index contributed by atoms with van der Waals surface area (Å²) in [7, 11) is -4.54. The van der Waals surface area contributed by atoms with Crippen LogP contribution in [0, 0.1) is 13.8 Å². The zero-order valence-electron chi connectivity index (χ0n) is 26.5. The first-order valence-corrected chi connectivity index (χ1v) is 16.7. The summed E-state index contributed by atoms with van der Waals surface area (Å²) in [6, 6.07) is 25.0. The van der Waals surface area contributed by atoms with Crippen LogP contribution in [-0.2, 0) is 38.8 Å². The van der Waals surface area contributed by atoms with E-state index in [0.29, 0.717) is 23.3 Å². The van der Waals surface area contributed by atoms with Crippen molar-refractivity contribution in [1.82, 2.24) is 10.2 Å². The molecule has 0 aliphatic heterocycles. The van der Waals surface area contributed by atoms with E-state index in [-0.39, 0.29) is 23.5 Å². The molecule has 248 valence electrons. The van der Waals surface area contributed by atoms with Crippen LogP contribution in [0.2, 0.25) is 0 Å². The van der Waals surface area contributed by atoms with Gasteiger partial charge in [-0.2, -0.15) is 13.2 Å². The van der Waals surface area contributed by atoms with E-state index in [2.05, 4.69) is 5.32 Å². The van der Waals surface area contributed by atoms with Crippen molar-refractivity contribution in [1.29, 1.82) is 0 Å². The van der Waals surface area contributed by atoms with Crippen molar-refractivity contribution in [2.75, 3.05) is 17.4 Å². The van der Waals surface area contributed by atoms with Crippen LogP contribution in [-0.4, -0.2) is 44.3 Å². The molecule has 0 aromatic heterocycles. The lowest BCUT2D eigenvalue weighted by Crippen LogP contribution is -2.53. The third-order valence-corrected chi connectivity index (χ3v) is 9.56. The normalized spacial score (nSPS) is 12.3. The Hall–Kier alpha value is -4.64. The molecule has 0 saturated carbocycles. The van der Waals surface area contributed by atoms with Crippen molar-refractivity contribution in [3.8, 4) is 0 Å². The van der Waals surface area contributed by atoms with E-state index in [4.69, 9.17) is 0 Å². The van der Waals surface area contributed by atoms with Crippen LogP contribution < -0.4 is 9.62 Å². The average molecular weight is 666 g/mol. The molecular formula is C36H38F3N3O4S. The Labute approximate surface area is 274 Å². The molecule has 7 nitrogen and oxygen atoms in total. The van der Waals surface area contributed by atoms with Gasteiger partial charge in [0.25, 0.3) is 10.0 Å². The number of sulfonamides is 1. The van der Waals surface area contributed by atoms with Gasteiger partial charge in [-0.3, -0.25) is 13.9 Å². The predicted octanol–water partition coefficient (Wildman–Crippen LogP) is 6.68. The SMILES string of the molecule is CCCNC(=O)[C@H](Cc1ccccc1)N(Cc1ccccc1C)C(=O)CN(c1cccc(C(F)(F)F)c1)S(=O)(=O)c1ccc(C)cc1. The number of amides is 2. The minimum Gasteiger partial charge on any atom is -0.354 e. The highest BCUT2D eigenvalue weighted by atomic mass is 32.2. The van der Waals surface area contributed by atoms with Gasteiger partial charge in [0.15, 0.2) is 0 Å². The minimum atomic E-state index is -4.76. The third kappa shape index (κ3) is 9.00. The lowest BCUT2D eigenvalue weighted by molar-refractivity contribution is -0.140. The summed E-state index contributed by atoms with van der Waals surface area (Å²) >= 11 is 0. The van der Waals surface area contributed by atoms with Crippen LogP contribution in [0.4, 0.5) is 18.9 Å². The molecule has 0 bridgehead atoms. The van der Waals surface area contributed by atoms with Crippen molar-refractivity contribution < 1.29 is 31.2 Å². The summed E-state index contributed by atoms with van der Waals surface area (Å²) in [5.74, 6) is -1.18. The second-order valence-electron chi connectivity index (χ2n) is 11.3. The molecule has 0 aliphatic rings. The largest absolute Gasteiger partial charge is 0.416 e. The molecule has 0 heterocycles. The van der Waals surface area contributed by atoms with Gasteiger partial charge in [-0.1, -0.05) is 85.3 Å². The molecule has 1 atom stereocenters. The number of hydrogen-bond donors (Lipinski definition) is 1. The van der Waals surface area contributed by atoms with Gasteiger partial charge in [0.2, 0.25) is 11.8 Å². The molecule has 0 fully saturated rings. The van der Waals surface area contributed by atoms with Crippen LogP contribution in [0.1, 0.15) is 41.2 Å². The fraction of sp³-hybridized carbons (Fsp3) is 0.278. The first kappa shape index (κ1) is 35.2. The molecule has 4 rings (SSSR count). The maximum atomic E-state index is 14.5. The van der Waals surface area contributed by atoms with E-state index in [9.17, 15) is 31.2 Å². The molecule has 4 aromatic carbocycles. The topological polar surface area (TPSA) is 86.8 Å². The highest BCUT2D eigenvalue weighted by Gasteiger charge is 2.36. The summed E-state index contributed by atoms with van der Waals surface area (Å²) in [4.78, 5) is 29.3. The zero-order valence-corrected chi connectivity index (χ0v) is 27.3. The van der Waals surface area contributed by atoms with Crippen molar-refractivity contribution in [3.63, 3.8) is 0 Å². The molecule has 2 amide bonds. The lowest BCUT2D eigenvalue weighted by Gasteiger charge is -2.34. The molecule has 1 N–H and O–H groups in total. The van der Waals surface area contributed by atoms with Gasteiger partial charge in [-0.05, 0) is 67.3 Å². The molecule has 0 aliphatic carbocycles. The molecule has 11 heteroatoms. The second-order valence-corrected chi connectivity index (χ2v) is 13.2. The van der Waals surface area contributed by atoms with Crippen LogP contribution in [0.15, 0.2) is 108 Å². The highest BCUT2D eigenvalue weighted by Crippen LogP contribution is 2.33. The summed E-state index contributed by atoms with van der Waals surface area (Å²) < 4.78 is 70.2. The number of alkyl halides is 3. The second kappa shape index (κ2) is 15.3. The molecule has 0 spiro atoms. The van der Waals surface area contributed by atoms with Crippen molar-refractivity contribution >= 4 is 27.5 Å². The molecule has 0 saturated heterocycles. The fourth-order valence-electron chi connectivity index (χ4n) is 5.09. The number of nitrogens with one attached hydrogen (secondary N) is 1. The summed E-state index contributed by atoms with van der Waals surface area (Å²) in [6.07, 6.45) is -3.98. The number of halogens is 3. The van der Waals surface area contributed by atoms with Gasteiger partial charge in [-0.25, -0.2) is 8.42 Å². The Bertz CT molecular complexity index is 1780. The number of aryl methyl sites for hydroxylation is 2. The highest BCUT2D eigenvalue weighted by molar-refractivity contribution is 7.92. The van der Waals surface area contributed by atoms with Crippen molar-refractivity contribution in [2.45, 2.75) is 57.3 Å². The summed E-state index contributed by atoms with van der Waals surface area (Å²) in [5, 5.41) is 2.87. The van der Waals surface area contributed by atoms with Gasteiger partial charge in [-0.15, -0.1) is 0 Å². The van der Waals surface area contributed by atoms with E-state index in [1.165, 1.54) is 23.1 Å². The quantitative estimate of drug-likeness (QED) is 0.173.